The number of ether oxygens (including phenoxy) is 1. The van der Waals surface area contributed by atoms with Crippen LogP contribution in [-0.2, 0) is 23.2 Å². The number of anilines is 1. The Balaban J connectivity index is 1.48. The summed E-state index contributed by atoms with van der Waals surface area (Å²) in [7, 11) is -4.32. The normalized spacial score (nSPS) is 10.9. The van der Waals surface area contributed by atoms with Gasteiger partial charge in [0.25, 0.3) is 21.8 Å². The highest BCUT2D eigenvalue weighted by Gasteiger charge is 2.23. The van der Waals surface area contributed by atoms with Gasteiger partial charge in [0.15, 0.2) is 0 Å². The molecule has 0 aromatic heterocycles. The molecule has 37 heavy (non-hydrogen) atoms. The Kier molecular flexibility index (Phi) is 7.97. The number of hydrogen-bond acceptors (Lipinski definition) is 6. The number of para-hydroxylation sites is 1. The van der Waals surface area contributed by atoms with Gasteiger partial charge in [-0.25, -0.2) is 13.1 Å². The summed E-state index contributed by atoms with van der Waals surface area (Å²) >= 11 is 0. The maximum Gasteiger partial charge on any atom is 0.266 e. The molecule has 4 aromatic carbocycles. The summed E-state index contributed by atoms with van der Waals surface area (Å²) in [6.45, 7) is 0.130. The fraction of sp³-hybridized carbons (Fsp3) is 0.0714. The van der Waals surface area contributed by atoms with Crippen LogP contribution < -0.4 is 14.8 Å². The monoisotopic (exact) mass is 516 g/mol. The molecule has 0 heterocycles. The van der Waals surface area contributed by atoms with Crippen molar-refractivity contribution in [2.75, 3.05) is 5.32 Å². The number of carbonyl (C=O) groups excluding carboxylic acids is 2. The number of benzene rings is 4. The van der Waals surface area contributed by atoms with E-state index in [2.05, 4.69) is 5.32 Å². The molecule has 4 aromatic rings. The average Bonchev–Trinajstić information content (AvgIpc) is 2.92. The second-order valence-corrected chi connectivity index (χ2v) is 9.69. The molecule has 0 aliphatic carbocycles. The zero-order valence-electron chi connectivity index (χ0n) is 19.6. The highest BCUT2D eigenvalue weighted by molar-refractivity contribution is 7.90. The van der Waals surface area contributed by atoms with Gasteiger partial charge in [-0.15, -0.1) is 0 Å². The van der Waals surface area contributed by atoms with Crippen molar-refractivity contribution in [3.8, 4) is 5.75 Å². The van der Waals surface area contributed by atoms with Crippen LogP contribution in [0.3, 0.4) is 0 Å². The van der Waals surface area contributed by atoms with Gasteiger partial charge in [-0.05, 0) is 53.6 Å². The molecular weight excluding hydrogens is 492 g/mol. The Labute approximate surface area is 214 Å². The van der Waals surface area contributed by atoms with E-state index in [1.54, 1.807) is 30.3 Å². The third-order valence-electron chi connectivity index (χ3n) is 5.40. The van der Waals surface area contributed by atoms with Crippen molar-refractivity contribution in [3.63, 3.8) is 0 Å². The van der Waals surface area contributed by atoms with Crippen molar-refractivity contribution < 1.29 is 27.9 Å². The van der Waals surface area contributed by atoms with E-state index < -0.39 is 21.8 Å². The minimum atomic E-state index is -4.32. The van der Waals surface area contributed by atoms with Gasteiger partial charge in [-0.3, -0.25) is 9.59 Å². The van der Waals surface area contributed by atoms with Crippen LogP contribution in [0.5, 0.6) is 5.75 Å². The van der Waals surface area contributed by atoms with Gasteiger partial charge in [0, 0.05) is 11.1 Å². The average molecular weight is 517 g/mol. The number of sulfonamides is 1. The minimum Gasteiger partial charge on any atom is -0.489 e. The summed E-state index contributed by atoms with van der Waals surface area (Å²) in [5.41, 5.74) is 1.95. The zero-order chi connectivity index (χ0) is 26.3. The van der Waals surface area contributed by atoms with Crippen LogP contribution >= 0.6 is 0 Å². The van der Waals surface area contributed by atoms with Crippen LogP contribution in [0.4, 0.5) is 5.69 Å². The van der Waals surface area contributed by atoms with E-state index >= 15 is 0 Å². The van der Waals surface area contributed by atoms with Gasteiger partial charge in [-0.2, -0.15) is 0 Å². The summed E-state index contributed by atoms with van der Waals surface area (Å²) in [6, 6.07) is 27.8. The van der Waals surface area contributed by atoms with Crippen LogP contribution in [0, 0.1) is 0 Å². The predicted octanol–water partition coefficient (Wildman–Crippen LogP) is 4.13. The van der Waals surface area contributed by atoms with E-state index in [-0.39, 0.29) is 28.3 Å². The van der Waals surface area contributed by atoms with Gasteiger partial charge < -0.3 is 15.2 Å². The van der Waals surface area contributed by atoms with Gasteiger partial charge in [0.05, 0.1) is 12.3 Å². The molecule has 0 aliphatic rings. The summed E-state index contributed by atoms with van der Waals surface area (Å²) in [5, 5.41) is 11.7. The molecule has 0 unspecified atom stereocenters. The maximum absolute atomic E-state index is 13.0. The lowest BCUT2D eigenvalue weighted by molar-refractivity contribution is 0.0980. The van der Waals surface area contributed by atoms with Crippen molar-refractivity contribution in [3.05, 3.63) is 125 Å². The van der Waals surface area contributed by atoms with Gasteiger partial charge in [0.2, 0.25) is 0 Å². The smallest absolute Gasteiger partial charge is 0.266 e. The Bertz CT molecular complexity index is 1500. The molecule has 2 amide bonds. The fourth-order valence-electron chi connectivity index (χ4n) is 3.46. The minimum absolute atomic E-state index is 0.0130. The third-order valence-corrected chi connectivity index (χ3v) is 6.78. The summed E-state index contributed by atoms with van der Waals surface area (Å²) in [6.07, 6.45) is 0. The number of amides is 2. The molecule has 0 fully saturated rings. The molecule has 4 rings (SSSR count). The lowest BCUT2D eigenvalue weighted by atomic mass is 10.1. The van der Waals surface area contributed by atoms with Crippen molar-refractivity contribution in [2.45, 2.75) is 18.1 Å². The predicted molar refractivity (Wildman–Crippen MR) is 139 cm³/mol. The summed E-state index contributed by atoms with van der Waals surface area (Å²) < 4.78 is 33.8. The van der Waals surface area contributed by atoms with E-state index in [1.807, 2.05) is 35.1 Å². The zero-order valence-corrected chi connectivity index (χ0v) is 20.4. The standard InChI is InChI=1S/C28H24N2O6S/c31-18-20-13-15-22(16-14-20)28(33)30-37(34,35)26-12-5-4-11-25(26)29-27(32)23-9-6-10-24(17-23)36-19-21-7-2-1-3-8-21/h1-17,31H,18-19H2,(H,29,32)(H,30,33). The van der Waals surface area contributed by atoms with E-state index in [1.165, 1.54) is 42.5 Å². The molecule has 188 valence electrons. The van der Waals surface area contributed by atoms with E-state index in [0.29, 0.717) is 17.9 Å². The molecule has 9 heteroatoms. The Morgan fingerprint density at radius 2 is 1.43 bits per heavy atom. The SMILES string of the molecule is O=C(Nc1ccccc1S(=O)(=O)NC(=O)c1ccc(CO)cc1)c1cccc(OCc2ccccc2)c1. The molecule has 0 spiro atoms. The largest absolute Gasteiger partial charge is 0.489 e. The van der Waals surface area contributed by atoms with Gasteiger partial charge >= 0.3 is 0 Å². The topological polar surface area (TPSA) is 122 Å². The van der Waals surface area contributed by atoms with Crippen molar-refractivity contribution >= 4 is 27.5 Å². The van der Waals surface area contributed by atoms with Crippen LogP contribution in [0.2, 0.25) is 0 Å². The number of aliphatic hydroxyl groups is 1. The van der Waals surface area contributed by atoms with Crippen molar-refractivity contribution in [2.24, 2.45) is 0 Å². The van der Waals surface area contributed by atoms with Gasteiger partial charge in [0.1, 0.15) is 17.3 Å². The highest BCUT2D eigenvalue weighted by atomic mass is 32.2. The maximum atomic E-state index is 13.0. The molecular formula is C28H24N2O6S. The first kappa shape index (κ1) is 25.6. The second kappa shape index (κ2) is 11.5. The Morgan fingerprint density at radius 3 is 2.16 bits per heavy atom. The van der Waals surface area contributed by atoms with Crippen molar-refractivity contribution in [1.82, 2.24) is 4.72 Å². The van der Waals surface area contributed by atoms with Crippen LogP contribution in [-0.4, -0.2) is 25.3 Å². The van der Waals surface area contributed by atoms with Crippen LogP contribution in [0.15, 0.2) is 108 Å². The molecule has 0 aliphatic heterocycles. The summed E-state index contributed by atoms with van der Waals surface area (Å²) in [4.78, 5) is 25.2. The highest BCUT2D eigenvalue weighted by Crippen LogP contribution is 2.23. The first-order valence-corrected chi connectivity index (χ1v) is 12.8. The number of nitrogens with one attached hydrogen (secondary N) is 2. The second-order valence-electron chi connectivity index (χ2n) is 8.04. The first-order valence-electron chi connectivity index (χ1n) is 11.3. The Hall–Kier alpha value is -4.47. The van der Waals surface area contributed by atoms with E-state index in [0.717, 1.165) is 5.56 Å². The Morgan fingerprint density at radius 1 is 0.730 bits per heavy atom. The van der Waals surface area contributed by atoms with Crippen LogP contribution in [0.25, 0.3) is 0 Å². The van der Waals surface area contributed by atoms with E-state index in [9.17, 15) is 18.0 Å². The lowest BCUT2D eigenvalue weighted by Gasteiger charge is -2.13. The third kappa shape index (κ3) is 6.60. The first-order chi connectivity index (χ1) is 17.9. The lowest BCUT2D eigenvalue weighted by Crippen LogP contribution is -2.31. The van der Waals surface area contributed by atoms with Crippen LogP contribution in [0.1, 0.15) is 31.8 Å². The fourth-order valence-corrected chi connectivity index (χ4v) is 4.60. The molecule has 3 N–H and O–H groups in total. The molecule has 0 saturated carbocycles. The van der Waals surface area contributed by atoms with Gasteiger partial charge in [-0.1, -0.05) is 60.7 Å². The number of carbonyl (C=O) groups is 2. The number of rotatable bonds is 9. The quantitative estimate of drug-likeness (QED) is 0.308. The molecule has 0 bridgehead atoms. The number of hydrogen-bond donors (Lipinski definition) is 3. The van der Waals surface area contributed by atoms with E-state index in [4.69, 9.17) is 9.84 Å². The number of aliphatic hydroxyl groups excluding tert-OH is 1. The molecule has 0 atom stereocenters. The molecule has 8 nitrogen and oxygen atoms in total. The van der Waals surface area contributed by atoms with Crippen molar-refractivity contribution in [1.29, 1.82) is 0 Å². The summed E-state index contributed by atoms with van der Waals surface area (Å²) in [5.74, 6) is -0.899. The molecule has 0 radical (unpaired) electrons. The molecule has 0 saturated heterocycles.